The Kier molecular flexibility index (Phi) is 6.96. The minimum Gasteiger partial charge on any atom is -0.441 e. The number of piperidine rings is 1. The first-order valence-electron chi connectivity index (χ1n) is 12.0. The molecule has 0 bridgehead atoms. The van der Waals surface area contributed by atoms with E-state index in [2.05, 4.69) is 16.3 Å². The van der Waals surface area contributed by atoms with Gasteiger partial charge in [0, 0.05) is 36.4 Å². The van der Waals surface area contributed by atoms with Crippen LogP contribution in [0, 0.1) is 18.3 Å². The molecule has 1 saturated heterocycles. The molecule has 0 spiro atoms. The van der Waals surface area contributed by atoms with Crippen LogP contribution >= 0.6 is 11.3 Å². The third kappa shape index (κ3) is 5.24. The molecule has 2 aromatic carbocycles. The van der Waals surface area contributed by atoms with Gasteiger partial charge in [0.05, 0.1) is 5.57 Å². The van der Waals surface area contributed by atoms with E-state index in [9.17, 15) is 10.1 Å². The van der Waals surface area contributed by atoms with Crippen LogP contribution in [0.5, 0.6) is 0 Å². The number of nitrogens with one attached hydrogen (secondary N) is 1. The van der Waals surface area contributed by atoms with Gasteiger partial charge in [0.25, 0.3) is 5.91 Å². The number of nitrogens with zero attached hydrogens (tertiary/aromatic N) is 3. The number of rotatable bonds is 6. The lowest BCUT2D eigenvalue weighted by atomic mass is 10.1. The van der Waals surface area contributed by atoms with Crippen LogP contribution < -0.4 is 10.2 Å². The highest BCUT2D eigenvalue weighted by Crippen LogP contribution is 2.37. The zero-order valence-electron chi connectivity index (χ0n) is 20.0. The Morgan fingerprint density at radius 2 is 1.81 bits per heavy atom. The van der Waals surface area contributed by atoms with E-state index >= 15 is 0 Å². The van der Waals surface area contributed by atoms with Crippen LogP contribution in [0.2, 0.25) is 0 Å². The monoisotopic (exact) mass is 494 g/mol. The minimum atomic E-state index is -0.220. The van der Waals surface area contributed by atoms with E-state index in [1.165, 1.54) is 17.8 Å². The molecule has 3 heterocycles. The largest absolute Gasteiger partial charge is 0.441 e. The summed E-state index contributed by atoms with van der Waals surface area (Å²) in [7, 11) is 0. The van der Waals surface area contributed by atoms with Crippen molar-refractivity contribution in [2.24, 2.45) is 0 Å². The van der Waals surface area contributed by atoms with Gasteiger partial charge >= 0.3 is 0 Å². The second-order valence-electron chi connectivity index (χ2n) is 8.78. The summed E-state index contributed by atoms with van der Waals surface area (Å²) in [6.45, 7) is 3.95. The van der Waals surface area contributed by atoms with Crippen LogP contribution in [-0.2, 0) is 0 Å². The van der Waals surface area contributed by atoms with E-state index in [4.69, 9.17) is 9.40 Å². The molecule has 7 heteroatoms. The van der Waals surface area contributed by atoms with Crippen molar-refractivity contribution in [1.82, 2.24) is 4.98 Å². The molecular formula is C29H26N4O2S. The number of anilines is 2. The van der Waals surface area contributed by atoms with Gasteiger partial charge in [-0.25, -0.2) is 4.98 Å². The molecular weight excluding hydrogens is 468 g/mol. The van der Waals surface area contributed by atoms with Crippen molar-refractivity contribution in [2.45, 2.75) is 26.2 Å². The highest BCUT2D eigenvalue weighted by atomic mass is 32.1. The van der Waals surface area contributed by atoms with E-state index in [0.29, 0.717) is 32.6 Å². The number of carbonyl (C=O) groups is 1. The molecule has 2 aromatic heterocycles. The predicted molar refractivity (Wildman–Crippen MR) is 145 cm³/mol. The van der Waals surface area contributed by atoms with Gasteiger partial charge in [-0.15, -0.1) is 0 Å². The third-order valence-corrected chi connectivity index (χ3v) is 7.14. The predicted octanol–water partition coefficient (Wildman–Crippen LogP) is 7.02. The Morgan fingerprint density at radius 1 is 1.06 bits per heavy atom. The number of furan rings is 1. The smallest absolute Gasteiger partial charge is 0.256 e. The Hall–Kier alpha value is -4.15. The molecule has 5 rings (SSSR count). The van der Waals surface area contributed by atoms with E-state index < -0.39 is 0 Å². The average molecular weight is 495 g/mol. The SMILES string of the molecule is Cc1ccc(C(=O)Nc2sc(/C(C#N)=C\c3ccc(N4CCCCC4)o3)nc2-c2ccccc2)cc1. The molecule has 1 N–H and O–H groups in total. The third-order valence-electron chi connectivity index (χ3n) is 6.13. The summed E-state index contributed by atoms with van der Waals surface area (Å²) in [5.41, 5.74) is 3.52. The van der Waals surface area contributed by atoms with E-state index in [0.717, 1.165) is 42.9 Å². The quantitative estimate of drug-likeness (QED) is 0.291. The van der Waals surface area contributed by atoms with Crippen molar-refractivity contribution in [3.63, 3.8) is 0 Å². The van der Waals surface area contributed by atoms with Gasteiger partial charge in [0.2, 0.25) is 0 Å². The normalized spacial score (nSPS) is 13.9. The highest BCUT2D eigenvalue weighted by Gasteiger charge is 2.20. The molecule has 1 aliphatic rings. The van der Waals surface area contributed by atoms with Crippen molar-refractivity contribution in [3.05, 3.63) is 88.6 Å². The molecule has 1 aliphatic heterocycles. The molecule has 0 aliphatic carbocycles. The summed E-state index contributed by atoms with van der Waals surface area (Å²) in [6.07, 6.45) is 5.29. The molecule has 180 valence electrons. The molecule has 0 atom stereocenters. The summed E-state index contributed by atoms with van der Waals surface area (Å²) in [4.78, 5) is 20.0. The molecule has 6 nitrogen and oxygen atoms in total. The van der Waals surface area contributed by atoms with Gasteiger partial charge in [0.15, 0.2) is 5.88 Å². The maximum atomic E-state index is 13.0. The van der Waals surface area contributed by atoms with Crippen LogP contribution in [0.1, 0.15) is 46.0 Å². The Bertz CT molecular complexity index is 1420. The van der Waals surface area contributed by atoms with Crippen LogP contribution in [0.4, 0.5) is 10.9 Å². The lowest BCUT2D eigenvalue weighted by Crippen LogP contribution is -2.28. The molecule has 0 unspecified atom stereocenters. The minimum absolute atomic E-state index is 0.220. The van der Waals surface area contributed by atoms with E-state index in [1.807, 2.05) is 61.5 Å². The number of amides is 1. The van der Waals surface area contributed by atoms with Crippen molar-refractivity contribution in [1.29, 1.82) is 5.26 Å². The van der Waals surface area contributed by atoms with Gasteiger partial charge < -0.3 is 14.6 Å². The zero-order chi connectivity index (χ0) is 24.9. The second kappa shape index (κ2) is 10.6. The number of benzene rings is 2. The zero-order valence-corrected chi connectivity index (χ0v) is 20.8. The summed E-state index contributed by atoms with van der Waals surface area (Å²) in [5, 5.41) is 14.1. The van der Waals surface area contributed by atoms with Gasteiger partial charge in [0.1, 0.15) is 27.5 Å². The summed E-state index contributed by atoms with van der Waals surface area (Å²) in [5.74, 6) is 1.21. The molecule has 36 heavy (non-hydrogen) atoms. The standard InChI is InChI=1S/C29H26N4O2S/c1-20-10-12-22(13-11-20)27(34)32-29-26(21-8-4-2-5-9-21)31-28(36-29)23(19-30)18-24-14-15-25(35-24)33-16-6-3-7-17-33/h2,4-5,8-15,18H,3,6-7,16-17H2,1H3,(H,32,34)/b23-18-. The van der Waals surface area contributed by atoms with Crippen molar-refractivity contribution in [2.75, 3.05) is 23.3 Å². The topological polar surface area (TPSA) is 82.2 Å². The van der Waals surface area contributed by atoms with Crippen LogP contribution in [0.15, 0.2) is 71.1 Å². The molecule has 1 fully saturated rings. The number of nitriles is 1. The van der Waals surface area contributed by atoms with Crippen LogP contribution in [0.25, 0.3) is 22.9 Å². The Balaban J connectivity index is 1.46. The maximum Gasteiger partial charge on any atom is 0.256 e. The lowest BCUT2D eigenvalue weighted by Gasteiger charge is -2.25. The summed E-state index contributed by atoms with van der Waals surface area (Å²) in [6, 6.07) is 23.2. The number of aryl methyl sites for hydroxylation is 1. The van der Waals surface area contributed by atoms with E-state index in [-0.39, 0.29) is 5.91 Å². The first-order valence-corrected chi connectivity index (χ1v) is 12.8. The number of aromatic nitrogens is 1. The molecule has 1 amide bonds. The van der Waals surface area contributed by atoms with Gasteiger partial charge in [-0.05, 0) is 44.4 Å². The number of allylic oxidation sites excluding steroid dienone is 1. The van der Waals surface area contributed by atoms with E-state index in [1.54, 1.807) is 18.2 Å². The second-order valence-corrected chi connectivity index (χ2v) is 9.78. The lowest BCUT2D eigenvalue weighted by molar-refractivity contribution is 0.102. The first-order chi connectivity index (χ1) is 17.6. The fraction of sp³-hybridized carbons (Fsp3) is 0.207. The fourth-order valence-electron chi connectivity index (χ4n) is 4.18. The fourth-order valence-corrected chi connectivity index (χ4v) is 5.13. The first kappa shape index (κ1) is 23.6. The number of hydrogen-bond donors (Lipinski definition) is 1. The molecule has 0 radical (unpaired) electrons. The maximum absolute atomic E-state index is 13.0. The summed E-state index contributed by atoms with van der Waals surface area (Å²) >= 11 is 1.28. The van der Waals surface area contributed by atoms with Crippen molar-refractivity contribution >= 4 is 39.8 Å². The number of carbonyl (C=O) groups excluding carboxylic acids is 1. The highest BCUT2D eigenvalue weighted by molar-refractivity contribution is 7.17. The van der Waals surface area contributed by atoms with Crippen LogP contribution in [0.3, 0.4) is 0 Å². The summed E-state index contributed by atoms with van der Waals surface area (Å²) < 4.78 is 6.04. The van der Waals surface area contributed by atoms with Gasteiger partial charge in [-0.2, -0.15) is 5.26 Å². The van der Waals surface area contributed by atoms with Crippen molar-refractivity contribution in [3.8, 4) is 17.3 Å². The average Bonchev–Trinajstić information content (AvgIpc) is 3.56. The molecule has 0 saturated carbocycles. The van der Waals surface area contributed by atoms with Crippen LogP contribution in [-0.4, -0.2) is 24.0 Å². The molecule has 4 aromatic rings. The van der Waals surface area contributed by atoms with Crippen molar-refractivity contribution < 1.29 is 9.21 Å². The number of thiazole rings is 1. The number of hydrogen-bond acceptors (Lipinski definition) is 6. The van der Waals surface area contributed by atoms with Gasteiger partial charge in [-0.1, -0.05) is 59.4 Å². The Labute approximate surface area is 214 Å². The Morgan fingerprint density at radius 3 is 2.53 bits per heavy atom. The van der Waals surface area contributed by atoms with Gasteiger partial charge in [-0.3, -0.25) is 4.79 Å².